The van der Waals surface area contributed by atoms with Gasteiger partial charge in [-0.05, 0) is 25.5 Å². The quantitative estimate of drug-likeness (QED) is 0.705. The van der Waals surface area contributed by atoms with E-state index in [4.69, 9.17) is 4.74 Å². The van der Waals surface area contributed by atoms with E-state index >= 15 is 0 Å². The molecule has 2 unspecified atom stereocenters. The molecule has 0 aromatic rings. The lowest BCUT2D eigenvalue weighted by Crippen LogP contribution is -2.33. The molecule has 0 amide bonds. The summed E-state index contributed by atoms with van der Waals surface area (Å²) in [5, 5.41) is 3.52. The first kappa shape index (κ1) is 10.4. The molecule has 2 atom stereocenters. The Morgan fingerprint density at radius 1 is 1.67 bits per heavy atom. The van der Waals surface area contributed by atoms with Gasteiger partial charge in [0.2, 0.25) is 0 Å². The van der Waals surface area contributed by atoms with Gasteiger partial charge in [0.1, 0.15) is 0 Å². The summed E-state index contributed by atoms with van der Waals surface area (Å²) in [6, 6.07) is 0.639. The van der Waals surface area contributed by atoms with Gasteiger partial charge in [-0.15, -0.1) is 0 Å². The van der Waals surface area contributed by atoms with Crippen molar-refractivity contribution in [2.45, 2.75) is 19.4 Å². The highest BCUT2D eigenvalue weighted by Crippen LogP contribution is 2.11. The summed E-state index contributed by atoms with van der Waals surface area (Å²) in [5.74, 6) is 1.96. The number of hydrogen-bond donors (Lipinski definition) is 1. The molecule has 0 radical (unpaired) electrons. The van der Waals surface area contributed by atoms with Crippen molar-refractivity contribution in [3.63, 3.8) is 0 Å². The number of hydrogen-bond acceptors (Lipinski definition) is 3. The monoisotopic (exact) mass is 189 g/mol. The van der Waals surface area contributed by atoms with Crippen LogP contribution in [0.1, 0.15) is 13.3 Å². The van der Waals surface area contributed by atoms with Crippen LogP contribution in [0, 0.1) is 5.92 Å². The molecule has 72 valence electrons. The Balaban J connectivity index is 1.99. The molecule has 1 aliphatic rings. The average molecular weight is 189 g/mol. The SMILES string of the molecule is CSCC(C)NCC1CCOC1. The molecule has 2 nitrogen and oxygen atoms in total. The summed E-state index contributed by atoms with van der Waals surface area (Å²) >= 11 is 1.90. The minimum Gasteiger partial charge on any atom is -0.381 e. The van der Waals surface area contributed by atoms with Crippen LogP contribution in [-0.2, 0) is 4.74 Å². The summed E-state index contributed by atoms with van der Waals surface area (Å²) in [6.45, 7) is 5.29. The van der Waals surface area contributed by atoms with E-state index in [2.05, 4.69) is 18.5 Å². The summed E-state index contributed by atoms with van der Waals surface area (Å²) in [4.78, 5) is 0. The Hall–Kier alpha value is 0.270. The van der Waals surface area contributed by atoms with Gasteiger partial charge in [0.05, 0.1) is 6.61 Å². The maximum atomic E-state index is 5.30. The third kappa shape index (κ3) is 3.78. The first-order valence-corrected chi connectivity index (χ1v) is 6.02. The van der Waals surface area contributed by atoms with Crippen molar-refractivity contribution in [1.29, 1.82) is 0 Å². The Bertz CT molecular complexity index is 115. The fraction of sp³-hybridized carbons (Fsp3) is 1.00. The highest BCUT2D eigenvalue weighted by molar-refractivity contribution is 7.98. The van der Waals surface area contributed by atoms with Crippen LogP contribution < -0.4 is 5.32 Å². The Morgan fingerprint density at radius 2 is 2.50 bits per heavy atom. The summed E-state index contributed by atoms with van der Waals surface area (Å²) in [7, 11) is 0. The van der Waals surface area contributed by atoms with E-state index in [1.165, 1.54) is 12.2 Å². The lowest BCUT2D eigenvalue weighted by Gasteiger charge is -2.14. The zero-order valence-corrected chi connectivity index (χ0v) is 8.82. The van der Waals surface area contributed by atoms with Crippen LogP contribution in [0.2, 0.25) is 0 Å². The van der Waals surface area contributed by atoms with E-state index in [1.807, 2.05) is 11.8 Å². The molecule has 3 heteroatoms. The molecule has 1 aliphatic heterocycles. The summed E-state index contributed by atoms with van der Waals surface area (Å²) in [5.41, 5.74) is 0. The van der Waals surface area contributed by atoms with Crippen molar-refractivity contribution in [2.75, 3.05) is 31.8 Å². The van der Waals surface area contributed by atoms with Gasteiger partial charge in [-0.25, -0.2) is 0 Å². The normalized spacial score (nSPS) is 26.0. The van der Waals surface area contributed by atoms with Gasteiger partial charge in [0.15, 0.2) is 0 Å². The van der Waals surface area contributed by atoms with Crippen molar-refractivity contribution in [2.24, 2.45) is 5.92 Å². The van der Waals surface area contributed by atoms with Gasteiger partial charge < -0.3 is 10.1 Å². The van der Waals surface area contributed by atoms with E-state index in [9.17, 15) is 0 Å². The Kier molecular flexibility index (Phi) is 5.04. The fourth-order valence-corrected chi connectivity index (χ4v) is 2.04. The van der Waals surface area contributed by atoms with E-state index < -0.39 is 0 Å². The van der Waals surface area contributed by atoms with Crippen LogP contribution in [-0.4, -0.2) is 37.8 Å². The van der Waals surface area contributed by atoms with Gasteiger partial charge in [-0.2, -0.15) is 11.8 Å². The van der Waals surface area contributed by atoms with Crippen LogP contribution in [0.25, 0.3) is 0 Å². The highest BCUT2D eigenvalue weighted by Gasteiger charge is 2.15. The topological polar surface area (TPSA) is 21.3 Å². The third-order valence-electron chi connectivity index (χ3n) is 2.20. The van der Waals surface area contributed by atoms with Crippen LogP contribution in [0.4, 0.5) is 0 Å². The molecule has 0 aliphatic carbocycles. The van der Waals surface area contributed by atoms with E-state index in [0.29, 0.717) is 6.04 Å². The molecule has 0 spiro atoms. The van der Waals surface area contributed by atoms with Crippen molar-refractivity contribution < 1.29 is 4.74 Å². The number of thioether (sulfide) groups is 1. The van der Waals surface area contributed by atoms with Gasteiger partial charge in [-0.1, -0.05) is 0 Å². The van der Waals surface area contributed by atoms with Crippen LogP contribution >= 0.6 is 11.8 Å². The zero-order chi connectivity index (χ0) is 8.81. The van der Waals surface area contributed by atoms with Gasteiger partial charge in [-0.3, -0.25) is 0 Å². The predicted octanol–water partition coefficient (Wildman–Crippen LogP) is 1.36. The van der Waals surface area contributed by atoms with Crippen molar-refractivity contribution in [3.8, 4) is 0 Å². The van der Waals surface area contributed by atoms with Gasteiger partial charge in [0, 0.05) is 24.9 Å². The molecule has 12 heavy (non-hydrogen) atoms. The van der Waals surface area contributed by atoms with E-state index in [1.54, 1.807) is 0 Å². The maximum Gasteiger partial charge on any atom is 0.0507 e. The zero-order valence-electron chi connectivity index (χ0n) is 8.01. The minimum absolute atomic E-state index is 0.639. The van der Waals surface area contributed by atoms with E-state index in [0.717, 1.165) is 25.7 Å². The van der Waals surface area contributed by atoms with Crippen LogP contribution in [0.3, 0.4) is 0 Å². The van der Waals surface area contributed by atoms with Gasteiger partial charge in [0.25, 0.3) is 0 Å². The minimum atomic E-state index is 0.639. The second-order valence-corrected chi connectivity index (χ2v) is 4.40. The maximum absolute atomic E-state index is 5.30. The molecule has 0 bridgehead atoms. The highest BCUT2D eigenvalue weighted by atomic mass is 32.2. The molecule has 0 saturated carbocycles. The Morgan fingerprint density at radius 3 is 3.08 bits per heavy atom. The first-order valence-electron chi connectivity index (χ1n) is 4.63. The lowest BCUT2D eigenvalue weighted by atomic mass is 10.1. The fourth-order valence-electron chi connectivity index (χ4n) is 1.42. The first-order chi connectivity index (χ1) is 5.83. The molecule has 0 aromatic carbocycles. The van der Waals surface area contributed by atoms with Crippen LogP contribution in [0.15, 0.2) is 0 Å². The second-order valence-electron chi connectivity index (χ2n) is 3.49. The number of ether oxygens (including phenoxy) is 1. The predicted molar refractivity (Wildman–Crippen MR) is 54.8 cm³/mol. The molecule has 1 rings (SSSR count). The number of nitrogens with one attached hydrogen (secondary N) is 1. The van der Waals surface area contributed by atoms with Crippen molar-refractivity contribution in [1.82, 2.24) is 5.32 Å². The average Bonchev–Trinajstić information content (AvgIpc) is 2.53. The lowest BCUT2D eigenvalue weighted by molar-refractivity contribution is 0.185. The molecule has 1 fully saturated rings. The second kappa shape index (κ2) is 5.84. The molecule has 1 heterocycles. The van der Waals surface area contributed by atoms with Crippen molar-refractivity contribution in [3.05, 3.63) is 0 Å². The van der Waals surface area contributed by atoms with Crippen molar-refractivity contribution >= 4 is 11.8 Å². The smallest absolute Gasteiger partial charge is 0.0507 e. The Labute approximate surface area is 79.4 Å². The standard InChI is InChI=1S/C9H19NOS/c1-8(7-12-2)10-5-9-3-4-11-6-9/h8-10H,3-7H2,1-2H3. The largest absolute Gasteiger partial charge is 0.381 e. The molecular formula is C9H19NOS. The molecular weight excluding hydrogens is 170 g/mol. The van der Waals surface area contributed by atoms with E-state index in [-0.39, 0.29) is 0 Å². The number of rotatable bonds is 5. The summed E-state index contributed by atoms with van der Waals surface area (Å²) in [6.07, 6.45) is 3.38. The molecule has 1 N–H and O–H groups in total. The molecule has 1 saturated heterocycles. The van der Waals surface area contributed by atoms with Crippen LogP contribution in [0.5, 0.6) is 0 Å². The summed E-state index contributed by atoms with van der Waals surface area (Å²) < 4.78 is 5.30. The molecule has 0 aromatic heterocycles. The third-order valence-corrected chi connectivity index (χ3v) is 3.03. The van der Waals surface area contributed by atoms with Gasteiger partial charge >= 0.3 is 0 Å².